The van der Waals surface area contributed by atoms with E-state index in [9.17, 15) is 0 Å². The number of amidine groups is 1. The van der Waals surface area contributed by atoms with Crippen molar-refractivity contribution in [3.63, 3.8) is 0 Å². The van der Waals surface area contributed by atoms with E-state index in [1.165, 1.54) is 25.9 Å². The Bertz CT molecular complexity index is 279. The monoisotopic (exact) mass is 255 g/mol. The molecule has 0 radical (unpaired) electrons. The first-order valence-corrected chi connectivity index (χ1v) is 7.07. The SMILES string of the molecule is CC(C)C1CCN(CCC(C)(C)C(N)=NO)CC1. The van der Waals surface area contributed by atoms with Gasteiger partial charge in [0.25, 0.3) is 0 Å². The quantitative estimate of drug-likeness (QED) is 0.343. The highest BCUT2D eigenvalue weighted by molar-refractivity contribution is 5.85. The Morgan fingerprint density at radius 2 is 1.94 bits per heavy atom. The molecule has 3 N–H and O–H groups in total. The Hall–Kier alpha value is -0.770. The van der Waals surface area contributed by atoms with E-state index < -0.39 is 0 Å². The van der Waals surface area contributed by atoms with Crippen LogP contribution in [0.1, 0.15) is 47.0 Å². The van der Waals surface area contributed by atoms with Crippen LogP contribution in [0.5, 0.6) is 0 Å². The molecule has 18 heavy (non-hydrogen) atoms. The van der Waals surface area contributed by atoms with E-state index in [0.29, 0.717) is 5.84 Å². The van der Waals surface area contributed by atoms with E-state index in [1.807, 2.05) is 13.8 Å². The van der Waals surface area contributed by atoms with Crippen molar-refractivity contribution in [2.75, 3.05) is 19.6 Å². The van der Waals surface area contributed by atoms with Crippen molar-refractivity contribution in [1.82, 2.24) is 4.90 Å². The number of piperidine rings is 1. The summed E-state index contributed by atoms with van der Waals surface area (Å²) in [4.78, 5) is 2.51. The van der Waals surface area contributed by atoms with Crippen LogP contribution in [0.15, 0.2) is 5.16 Å². The third kappa shape index (κ3) is 4.16. The lowest BCUT2D eigenvalue weighted by atomic mass is 9.85. The molecule has 4 heteroatoms. The van der Waals surface area contributed by atoms with Crippen molar-refractivity contribution in [1.29, 1.82) is 0 Å². The lowest BCUT2D eigenvalue weighted by Crippen LogP contribution is -2.40. The molecule has 0 amide bonds. The van der Waals surface area contributed by atoms with Gasteiger partial charge in [-0.05, 0) is 50.7 Å². The zero-order chi connectivity index (χ0) is 13.8. The van der Waals surface area contributed by atoms with Crippen molar-refractivity contribution in [3.05, 3.63) is 0 Å². The third-order valence-corrected chi connectivity index (χ3v) is 4.43. The van der Waals surface area contributed by atoms with E-state index >= 15 is 0 Å². The fourth-order valence-corrected chi connectivity index (χ4v) is 2.54. The van der Waals surface area contributed by atoms with Crippen molar-refractivity contribution in [2.24, 2.45) is 28.1 Å². The lowest BCUT2D eigenvalue weighted by Gasteiger charge is -2.35. The van der Waals surface area contributed by atoms with Crippen molar-refractivity contribution in [2.45, 2.75) is 47.0 Å². The third-order valence-electron chi connectivity index (χ3n) is 4.43. The van der Waals surface area contributed by atoms with Crippen LogP contribution in [-0.4, -0.2) is 35.6 Å². The summed E-state index contributed by atoms with van der Waals surface area (Å²) in [5, 5.41) is 11.9. The Kier molecular flexibility index (Phi) is 5.45. The van der Waals surface area contributed by atoms with Gasteiger partial charge in [-0.15, -0.1) is 0 Å². The molecule has 1 heterocycles. The highest BCUT2D eigenvalue weighted by atomic mass is 16.4. The molecule has 0 spiro atoms. The number of likely N-dealkylation sites (tertiary alicyclic amines) is 1. The van der Waals surface area contributed by atoms with Gasteiger partial charge in [0.2, 0.25) is 0 Å². The second kappa shape index (κ2) is 6.41. The maximum atomic E-state index is 8.75. The van der Waals surface area contributed by atoms with Gasteiger partial charge in [-0.25, -0.2) is 0 Å². The average Bonchev–Trinajstić information content (AvgIpc) is 2.35. The summed E-state index contributed by atoms with van der Waals surface area (Å²) in [5.41, 5.74) is 5.49. The highest BCUT2D eigenvalue weighted by Gasteiger charge is 2.26. The molecule has 0 bridgehead atoms. The fraction of sp³-hybridized carbons (Fsp3) is 0.929. The highest BCUT2D eigenvalue weighted by Crippen LogP contribution is 2.26. The Morgan fingerprint density at radius 3 is 2.39 bits per heavy atom. The van der Waals surface area contributed by atoms with E-state index in [-0.39, 0.29) is 5.41 Å². The molecule has 106 valence electrons. The van der Waals surface area contributed by atoms with Gasteiger partial charge < -0.3 is 15.8 Å². The van der Waals surface area contributed by atoms with Gasteiger partial charge in [0.05, 0.1) is 0 Å². The largest absolute Gasteiger partial charge is 0.409 e. The molecule has 1 aliphatic rings. The first kappa shape index (κ1) is 15.3. The number of nitrogens with two attached hydrogens (primary N) is 1. The summed E-state index contributed by atoms with van der Waals surface area (Å²) in [7, 11) is 0. The van der Waals surface area contributed by atoms with Gasteiger partial charge in [-0.3, -0.25) is 0 Å². The van der Waals surface area contributed by atoms with Crippen LogP contribution in [-0.2, 0) is 0 Å². The average molecular weight is 255 g/mol. The summed E-state index contributed by atoms with van der Waals surface area (Å²) >= 11 is 0. The van der Waals surface area contributed by atoms with Crippen molar-refractivity contribution >= 4 is 5.84 Å². The molecule has 0 aromatic rings. The van der Waals surface area contributed by atoms with Crippen LogP contribution in [0.4, 0.5) is 0 Å². The molecule has 1 saturated heterocycles. The zero-order valence-corrected chi connectivity index (χ0v) is 12.3. The van der Waals surface area contributed by atoms with E-state index in [4.69, 9.17) is 10.9 Å². The predicted octanol–water partition coefficient (Wildman–Crippen LogP) is 2.52. The van der Waals surface area contributed by atoms with Crippen molar-refractivity contribution < 1.29 is 5.21 Å². The first-order chi connectivity index (χ1) is 8.36. The molecule has 1 rings (SSSR count). The number of nitrogens with zero attached hydrogens (tertiary/aromatic N) is 2. The van der Waals surface area contributed by atoms with Crippen LogP contribution < -0.4 is 5.73 Å². The number of hydrogen-bond acceptors (Lipinski definition) is 3. The standard InChI is InChI=1S/C14H29N3O/c1-11(2)12-5-8-17(9-6-12)10-7-14(3,4)13(15)16-18/h11-12,18H,5-10H2,1-4H3,(H2,15,16). The lowest BCUT2D eigenvalue weighted by molar-refractivity contribution is 0.147. The summed E-state index contributed by atoms with van der Waals surface area (Å²) in [5.74, 6) is 2.03. The van der Waals surface area contributed by atoms with Crippen LogP contribution in [0.2, 0.25) is 0 Å². The fourth-order valence-electron chi connectivity index (χ4n) is 2.54. The number of rotatable bonds is 5. The Labute approximate surface area is 111 Å². The van der Waals surface area contributed by atoms with Gasteiger partial charge in [-0.2, -0.15) is 0 Å². The molecule has 4 nitrogen and oxygen atoms in total. The maximum absolute atomic E-state index is 8.75. The first-order valence-electron chi connectivity index (χ1n) is 7.07. The molecule has 1 fully saturated rings. The second-order valence-corrected chi connectivity index (χ2v) is 6.54. The molecular formula is C14H29N3O. The molecule has 0 aromatic heterocycles. The maximum Gasteiger partial charge on any atom is 0.144 e. The minimum absolute atomic E-state index is 0.219. The number of oxime groups is 1. The second-order valence-electron chi connectivity index (χ2n) is 6.54. The van der Waals surface area contributed by atoms with E-state index in [1.54, 1.807) is 0 Å². The summed E-state index contributed by atoms with van der Waals surface area (Å²) in [6.45, 7) is 12.1. The van der Waals surface area contributed by atoms with Gasteiger partial charge >= 0.3 is 0 Å². The Balaban J connectivity index is 2.34. The molecule has 0 saturated carbocycles. The molecule has 0 aliphatic carbocycles. The van der Waals surface area contributed by atoms with Gasteiger partial charge in [0, 0.05) is 5.41 Å². The van der Waals surface area contributed by atoms with Crippen LogP contribution in [0.25, 0.3) is 0 Å². The smallest absolute Gasteiger partial charge is 0.144 e. The molecule has 0 unspecified atom stereocenters. The minimum Gasteiger partial charge on any atom is -0.409 e. The van der Waals surface area contributed by atoms with Gasteiger partial charge in [0.1, 0.15) is 5.84 Å². The van der Waals surface area contributed by atoms with Crippen LogP contribution in [0.3, 0.4) is 0 Å². The van der Waals surface area contributed by atoms with Gasteiger partial charge in [-0.1, -0.05) is 32.9 Å². The number of hydrogen-bond donors (Lipinski definition) is 2. The molecular weight excluding hydrogens is 226 g/mol. The summed E-state index contributed by atoms with van der Waals surface area (Å²) < 4.78 is 0. The summed E-state index contributed by atoms with van der Waals surface area (Å²) in [6.07, 6.45) is 3.55. The van der Waals surface area contributed by atoms with Crippen LogP contribution >= 0.6 is 0 Å². The molecule has 0 aromatic carbocycles. The molecule has 1 aliphatic heterocycles. The minimum atomic E-state index is -0.219. The molecule has 0 atom stereocenters. The van der Waals surface area contributed by atoms with E-state index in [0.717, 1.165) is 24.8 Å². The summed E-state index contributed by atoms with van der Waals surface area (Å²) in [6, 6.07) is 0. The Morgan fingerprint density at radius 1 is 1.39 bits per heavy atom. The van der Waals surface area contributed by atoms with Gasteiger partial charge in [0.15, 0.2) is 0 Å². The van der Waals surface area contributed by atoms with Crippen molar-refractivity contribution in [3.8, 4) is 0 Å². The van der Waals surface area contributed by atoms with Crippen LogP contribution in [0, 0.1) is 17.3 Å². The van der Waals surface area contributed by atoms with E-state index in [2.05, 4.69) is 23.9 Å². The topological polar surface area (TPSA) is 61.8 Å². The zero-order valence-electron chi connectivity index (χ0n) is 12.3. The normalized spacial score (nSPS) is 20.6. The predicted molar refractivity (Wildman–Crippen MR) is 75.8 cm³/mol.